The number of hydrogen-bond acceptors (Lipinski definition) is 3. The Hall–Kier alpha value is -2.86. The molecule has 0 radical (unpaired) electrons. The molecule has 0 heterocycles. The van der Waals surface area contributed by atoms with Gasteiger partial charge in [-0.3, -0.25) is 9.10 Å². The maximum atomic E-state index is 13.0. The van der Waals surface area contributed by atoms with Crippen molar-refractivity contribution in [2.24, 2.45) is 0 Å². The van der Waals surface area contributed by atoms with Crippen molar-refractivity contribution >= 4 is 38.1 Å². The van der Waals surface area contributed by atoms with Gasteiger partial charge in [0.25, 0.3) is 0 Å². The fourth-order valence-electron chi connectivity index (χ4n) is 3.98. The van der Waals surface area contributed by atoms with Crippen LogP contribution in [0.4, 0.5) is 11.4 Å². The summed E-state index contributed by atoms with van der Waals surface area (Å²) in [5, 5.41) is 5.15. The molecule has 0 spiro atoms. The van der Waals surface area contributed by atoms with Gasteiger partial charge in [-0.2, -0.15) is 0 Å². The SMILES string of the molecule is C[C@@H](C(=O)Nc1ccc2c3c(cccc13)CC2)N(c1ccccc1)S(C)(=O)=O. The van der Waals surface area contributed by atoms with Crippen molar-refractivity contribution in [3.05, 3.63) is 71.8 Å². The number of rotatable bonds is 5. The molecule has 5 nitrogen and oxygen atoms in total. The van der Waals surface area contributed by atoms with E-state index >= 15 is 0 Å². The van der Waals surface area contributed by atoms with Crippen LogP contribution in [0.15, 0.2) is 60.7 Å². The highest BCUT2D eigenvalue weighted by Crippen LogP contribution is 2.35. The lowest BCUT2D eigenvalue weighted by Crippen LogP contribution is -2.45. The van der Waals surface area contributed by atoms with Gasteiger partial charge in [-0.1, -0.05) is 42.5 Å². The van der Waals surface area contributed by atoms with Crippen LogP contribution < -0.4 is 9.62 Å². The maximum absolute atomic E-state index is 13.0. The van der Waals surface area contributed by atoms with E-state index in [-0.39, 0.29) is 5.91 Å². The first kappa shape index (κ1) is 18.5. The van der Waals surface area contributed by atoms with E-state index < -0.39 is 16.1 Å². The largest absolute Gasteiger partial charge is 0.324 e. The van der Waals surface area contributed by atoms with E-state index in [1.807, 2.05) is 24.3 Å². The average Bonchev–Trinajstić information content (AvgIpc) is 3.08. The van der Waals surface area contributed by atoms with Gasteiger partial charge >= 0.3 is 0 Å². The second-order valence-electron chi connectivity index (χ2n) is 7.17. The summed E-state index contributed by atoms with van der Waals surface area (Å²) in [4.78, 5) is 13.0. The van der Waals surface area contributed by atoms with Gasteiger partial charge in [-0.05, 0) is 54.5 Å². The van der Waals surface area contributed by atoms with Crippen molar-refractivity contribution < 1.29 is 13.2 Å². The summed E-state index contributed by atoms with van der Waals surface area (Å²) in [6, 6.07) is 17.9. The van der Waals surface area contributed by atoms with Gasteiger partial charge < -0.3 is 5.32 Å². The molecule has 28 heavy (non-hydrogen) atoms. The summed E-state index contributed by atoms with van der Waals surface area (Å²) in [5.41, 5.74) is 3.76. The monoisotopic (exact) mass is 394 g/mol. The molecule has 1 N–H and O–H groups in total. The molecule has 0 saturated heterocycles. The fraction of sp³-hybridized carbons (Fsp3) is 0.227. The van der Waals surface area contributed by atoms with Gasteiger partial charge in [0.1, 0.15) is 6.04 Å². The lowest BCUT2D eigenvalue weighted by molar-refractivity contribution is -0.116. The van der Waals surface area contributed by atoms with Crippen LogP contribution in [-0.4, -0.2) is 26.6 Å². The van der Waals surface area contributed by atoms with Crippen LogP contribution in [0, 0.1) is 0 Å². The summed E-state index contributed by atoms with van der Waals surface area (Å²) in [5.74, 6) is -0.368. The summed E-state index contributed by atoms with van der Waals surface area (Å²) >= 11 is 0. The van der Waals surface area contributed by atoms with Gasteiger partial charge in [0, 0.05) is 11.1 Å². The van der Waals surface area contributed by atoms with E-state index in [9.17, 15) is 13.2 Å². The van der Waals surface area contributed by atoms with Gasteiger partial charge in [0.05, 0.1) is 11.9 Å². The Bertz CT molecular complexity index is 1150. The highest BCUT2D eigenvalue weighted by molar-refractivity contribution is 7.92. The second-order valence-corrected chi connectivity index (χ2v) is 9.03. The van der Waals surface area contributed by atoms with Gasteiger partial charge in [0.2, 0.25) is 15.9 Å². The number of para-hydroxylation sites is 1. The number of benzene rings is 3. The number of aryl methyl sites for hydroxylation is 2. The highest BCUT2D eigenvalue weighted by atomic mass is 32.2. The minimum atomic E-state index is -3.63. The molecule has 1 amide bonds. The normalized spacial score (nSPS) is 14.1. The molecule has 144 valence electrons. The molecule has 0 aliphatic heterocycles. The molecule has 3 aromatic rings. The zero-order chi connectivity index (χ0) is 19.9. The predicted octanol–water partition coefficient (Wildman–Crippen LogP) is 3.73. The number of anilines is 2. The number of carbonyl (C=O) groups is 1. The van der Waals surface area contributed by atoms with Crippen LogP contribution >= 0.6 is 0 Å². The van der Waals surface area contributed by atoms with Crippen molar-refractivity contribution in [2.45, 2.75) is 25.8 Å². The van der Waals surface area contributed by atoms with Crippen LogP contribution in [0.2, 0.25) is 0 Å². The summed E-state index contributed by atoms with van der Waals surface area (Å²) < 4.78 is 25.9. The molecule has 0 saturated carbocycles. The van der Waals surface area contributed by atoms with Crippen molar-refractivity contribution in [3.63, 3.8) is 0 Å². The Morgan fingerprint density at radius 2 is 1.64 bits per heavy atom. The zero-order valence-corrected chi connectivity index (χ0v) is 16.7. The number of nitrogens with one attached hydrogen (secondary N) is 1. The Morgan fingerprint density at radius 3 is 2.32 bits per heavy atom. The molecule has 0 unspecified atom stereocenters. The molecular weight excluding hydrogens is 372 g/mol. The molecule has 1 aliphatic carbocycles. The van der Waals surface area contributed by atoms with Crippen LogP contribution in [0.5, 0.6) is 0 Å². The zero-order valence-electron chi connectivity index (χ0n) is 15.8. The molecule has 0 fully saturated rings. The van der Waals surface area contributed by atoms with Gasteiger partial charge in [-0.15, -0.1) is 0 Å². The molecular formula is C22H22N2O3S. The number of amides is 1. The molecule has 0 bridgehead atoms. The van der Waals surface area contributed by atoms with Crippen molar-refractivity contribution in [1.82, 2.24) is 0 Å². The van der Waals surface area contributed by atoms with E-state index in [1.165, 1.54) is 16.5 Å². The summed E-state index contributed by atoms with van der Waals surface area (Å²) in [7, 11) is -3.63. The third-order valence-electron chi connectivity index (χ3n) is 5.23. The number of sulfonamides is 1. The number of carbonyl (C=O) groups excluding carboxylic acids is 1. The van der Waals surface area contributed by atoms with Crippen LogP contribution in [0.3, 0.4) is 0 Å². The Balaban J connectivity index is 1.68. The van der Waals surface area contributed by atoms with E-state index in [0.29, 0.717) is 11.4 Å². The van der Waals surface area contributed by atoms with Gasteiger partial charge in [0.15, 0.2) is 0 Å². The molecule has 3 aromatic carbocycles. The van der Waals surface area contributed by atoms with E-state index in [2.05, 4.69) is 11.4 Å². The van der Waals surface area contributed by atoms with Crippen molar-refractivity contribution in [2.75, 3.05) is 15.9 Å². The number of nitrogens with zero attached hydrogens (tertiary/aromatic N) is 1. The van der Waals surface area contributed by atoms with E-state index in [4.69, 9.17) is 0 Å². The Labute approximate surface area is 165 Å². The Kier molecular flexibility index (Phi) is 4.59. The molecule has 4 rings (SSSR count). The third-order valence-corrected chi connectivity index (χ3v) is 6.48. The minimum absolute atomic E-state index is 0.368. The highest BCUT2D eigenvalue weighted by Gasteiger charge is 2.29. The standard InChI is InChI=1S/C22H22N2O3S/c1-15(24(28(2,26)27)18-8-4-3-5-9-18)22(25)23-20-14-13-17-12-11-16-7-6-10-19(20)21(16)17/h3-10,13-15H,11-12H2,1-2H3,(H,23,25)/t15-/m0/s1. The molecule has 1 aliphatic rings. The minimum Gasteiger partial charge on any atom is -0.324 e. The second kappa shape index (κ2) is 6.95. The van der Waals surface area contributed by atoms with E-state index in [0.717, 1.165) is 28.8 Å². The lowest BCUT2D eigenvalue weighted by Gasteiger charge is -2.28. The van der Waals surface area contributed by atoms with Gasteiger partial charge in [-0.25, -0.2) is 8.42 Å². The molecule has 0 aromatic heterocycles. The predicted molar refractivity (Wildman–Crippen MR) is 113 cm³/mol. The first-order valence-corrected chi connectivity index (χ1v) is 11.1. The third kappa shape index (κ3) is 3.24. The maximum Gasteiger partial charge on any atom is 0.248 e. The summed E-state index contributed by atoms with van der Waals surface area (Å²) in [6.45, 7) is 1.60. The Morgan fingerprint density at radius 1 is 0.964 bits per heavy atom. The number of hydrogen-bond donors (Lipinski definition) is 1. The van der Waals surface area contributed by atoms with E-state index in [1.54, 1.807) is 37.3 Å². The first-order valence-electron chi connectivity index (χ1n) is 9.25. The molecule has 1 atom stereocenters. The van der Waals surface area contributed by atoms with Crippen molar-refractivity contribution in [3.8, 4) is 0 Å². The van der Waals surface area contributed by atoms with Crippen LogP contribution in [0.25, 0.3) is 10.8 Å². The van der Waals surface area contributed by atoms with Crippen molar-refractivity contribution in [1.29, 1.82) is 0 Å². The van der Waals surface area contributed by atoms with Crippen LogP contribution in [0.1, 0.15) is 18.1 Å². The topological polar surface area (TPSA) is 66.5 Å². The van der Waals surface area contributed by atoms with Crippen LogP contribution in [-0.2, 0) is 27.7 Å². The molecule has 6 heteroatoms. The summed E-state index contributed by atoms with van der Waals surface area (Å²) in [6.07, 6.45) is 3.13. The quantitative estimate of drug-likeness (QED) is 0.717. The smallest absolute Gasteiger partial charge is 0.248 e. The fourth-order valence-corrected chi connectivity index (χ4v) is 5.15. The lowest BCUT2D eigenvalue weighted by atomic mass is 10.0. The average molecular weight is 394 g/mol. The first-order chi connectivity index (χ1) is 13.4.